The third-order valence-corrected chi connectivity index (χ3v) is 7.90. The summed E-state index contributed by atoms with van der Waals surface area (Å²) in [5.74, 6) is 0.381. The van der Waals surface area contributed by atoms with Gasteiger partial charge in [-0.25, -0.2) is 4.98 Å². The summed E-state index contributed by atoms with van der Waals surface area (Å²) in [5, 5.41) is 4.09. The van der Waals surface area contributed by atoms with Gasteiger partial charge in [-0.1, -0.05) is 110 Å². The minimum absolute atomic E-state index is 0. The summed E-state index contributed by atoms with van der Waals surface area (Å²) in [7, 11) is 0. The molecule has 6 heteroatoms. The Hall–Kier alpha value is -4.19. The van der Waals surface area contributed by atoms with E-state index < -0.39 is 0 Å². The van der Waals surface area contributed by atoms with Crippen molar-refractivity contribution in [2.45, 2.75) is 32.4 Å². The molecular formula is C36H36ClN3O2. The number of carbonyl (C=O) groups is 1. The summed E-state index contributed by atoms with van der Waals surface area (Å²) in [5.41, 5.74) is 6.80. The number of amides is 1. The summed E-state index contributed by atoms with van der Waals surface area (Å²) in [4.78, 5) is 21.6. The number of halogens is 1. The lowest BCUT2D eigenvalue weighted by Gasteiger charge is -2.29. The number of nitrogens with one attached hydrogen (secondary N) is 1. The van der Waals surface area contributed by atoms with E-state index in [-0.39, 0.29) is 24.4 Å². The van der Waals surface area contributed by atoms with Crippen LogP contribution in [0.5, 0.6) is 5.75 Å². The molecule has 0 fully saturated rings. The van der Waals surface area contributed by atoms with Crippen molar-refractivity contribution in [2.24, 2.45) is 0 Å². The number of pyridine rings is 1. The first-order valence-corrected chi connectivity index (χ1v) is 14.5. The first kappa shape index (κ1) is 29.3. The Balaban J connectivity index is 0.00000353. The van der Waals surface area contributed by atoms with Gasteiger partial charge in [0.1, 0.15) is 12.3 Å². The van der Waals surface area contributed by atoms with Crippen molar-refractivity contribution in [3.05, 3.63) is 131 Å². The van der Waals surface area contributed by atoms with Crippen molar-refractivity contribution in [2.75, 3.05) is 19.7 Å². The minimum atomic E-state index is -0.154. The third kappa shape index (κ3) is 6.33. The molecule has 2 heterocycles. The average molecular weight is 578 g/mol. The third-order valence-electron chi connectivity index (χ3n) is 7.90. The molecule has 0 saturated heterocycles. The van der Waals surface area contributed by atoms with Crippen LogP contribution in [0, 0.1) is 0 Å². The lowest BCUT2D eigenvalue weighted by atomic mass is 9.99. The van der Waals surface area contributed by atoms with Crippen molar-refractivity contribution in [1.29, 1.82) is 0 Å². The van der Waals surface area contributed by atoms with Gasteiger partial charge in [-0.3, -0.25) is 9.69 Å². The normalized spacial score (nSPS) is 13.5. The maximum absolute atomic E-state index is 14.2. The van der Waals surface area contributed by atoms with E-state index in [1.807, 2.05) is 72.8 Å². The number of carbonyl (C=O) groups excluding carboxylic acids is 1. The van der Waals surface area contributed by atoms with Crippen LogP contribution in [0.2, 0.25) is 0 Å². The highest BCUT2D eigenvalue weighted by Gasteiger charge is 2.25. The zero-order valence-electron chi connectivity index (χ0n) is 23.8. The second kappa shape index (κ2) is 13.6. The quantitative estimate of drug-likeness (QED) is 0.195. The molecule has 4 aromatic carbocycles. The predicted molar refractivity (Wildman–Crippen MR) is 172 cm³/mol. The van der Waals surface area contributed by atoms with Gasteiger partial charge in [0, 0.05) is 30.6 Å². The number of fused-ring (bicyclic) bond motifs is 2. The van der Waals surface area contributed by atoms with E-state index in [1.165, 1.54) is 11.1 Å². The zero-order valence-corrected chi connectivity index (χ0v) is 24.6. The molecule has 1 aliphatic rings. The fourth-order valence-electron chi connectivity index (χ4n) is 5.71. The van der Waals surface area contributed by atoms with Crippen LogP contribution in [0.3, 0.4) is 0 Å². The molecular weight excluding hydrogens is 542 g/mol. The second-order valence-electron chi connectivity index (χ2n) is 10.5. The summed E-state index contributed by atoms with van der Waals surface area (Å²) < 4.78 is 6.60. The molecule has 1 aliphatic heterocycles. The molecule has 42 heavy (non-hydrogen) atoms. The van der Waals surface area contributed by atoms with Crippen molar-refractivity contribution >= 4 is 29.2 Å². The SMILES string of the molecule is CC[C@H](NC(=O)c1c(OCCN2CCc3ccccc3C2)c(-c2ccccc2)nc2ccccc12)c1ccccc1.Cl. The molecule has 0 aliphatic carbocycles. The van der Waals surface area contributed by atoms with Crippen LogP contribution >= 0.6 is 12.4 Å². The number of benzene rings is 4. The largest absolute Gasteiger partial charge is 0.489 e. The smallest absolute Gasteiger partial charge is 0.256 e. The maximum Gasteiger partial charge on any atom is 0.256 e. The molecule has 1 atom stereocenters. The monoisotopic (exact) mass is 577 g/mol. The van der Waals surface area contributed by atoms with E-state index in [0.29, 0.717) is 23.6 Å². The summed E-state index contributed by atoms with van der Waals surface area (Å²) >= 11 is 0. The van der Waals surface area contributed by atoms with Gasteiger partial charge in [0.2, 0.25) is 0 Å². The van der Waals surface area contributed by atoms with Gasteiger partial charge in [-0.05, 0) is 35.6 Å². The highest BCUT2D eigenvalue weighted by molar-refractivity contribution is 6.10. The molecule has 1 amide bonds. The minimum Gasteiger partial charge on any atom is -0.489 e. The second-order valence-corrected chi connectivity index (χ2v) is 10.5. The molecule has 1 aromatic heterocycles. The van der Waals surface area contributed by atoms with Gasteiger partial charge in [0.15, 0.2) is 5.75 Å². The lowest BCUT2D eigenvalue weighted by molar-refractivity contribution is 0.0932. The fraction of sp³-hybridized carbons (Fsp3) is 0.222. The van der Waals surface area contributed by atoms with Crippen LogP contribution in [-0.2, 0) is 13.0 Å². The van der Waals surface area contributed by atoms with Crippen LogP contribution in [0.15, 0.2) is 109 Å². The lowest BCUT2D eigenvalue weighted by Crippen LogP contribution is -2.34. The molecule has 1 N–H and O–H groups in total. The van der Waals surface area contributed by atoms with Crippen LogP contribution in [0.1, 0.15) is 46.4 Å². The van der Waals surface area contributed by atoms with E-state index in [9.17, 15) is 4.79 Å². The van der Waals surface area contributed by atoms with Crippen molar-refractivity contribution in [3.63, 3.8) is 0 Å². The zero-order chi connectivity index (χ0) is 28.0. The number of nitrogens with zero attached hydrogens (tertiary/aromatic N) is 2. The first-order chi connectivity index (χ1) is 20.2. The molecule has 5 nitrogen and oxygen atoms in total. The summed E-state index contributed by atoms with van der Waals surface area (Å²) in [6, 6.07) is 36.5. The molecule has 0 unspecified atom stereocenters. The van der Waals surface area contributed by atoms with Gasteiger partial charge in [-0.2, -0.15) is 0 Å². The van der Waals surface area contributed by atoms with E-state index in [0.717, 1.165) is 54.5 Å². The summed E-state index contributed by atoms with van der Waals surface area (Å²) in [6.45, 7) is 5.20. The van der Waals surface area contributed by atoms with Crippen LogP contribution in [0.4, 0.5) is 0 Å². The molecule has 5 aromatic rings. The van der Waals surface area contributed by atoms with Crippen LogP contribution in [-0.4, -0.2) is 35.5 Å². The van der Waals surface area contributed by atoms with Gasteiger partial charge in [0.05, 0.1) is 17.1 Å². The van der Waals surface area contributed by atoms with Gasteiger partial charge < -0.3 is 10.1 Å². The van der Waals surface area contributed by atoms with Crippen molar-refractivity contribution in [1.82, 2.24) is 15.2 Å². The predicted octanol–water partition coefficient (Wildman–Crippen LogP) is 7.64. The van der Waals surface area contributed by atoms with Gasteiger partial charge >= 0.3 is 0 Å². The Kier molecular flexibility index (Phi) is 9.52. The van der Waals surface area contributed by atoms with Crippen LogP contribution < -0.4 is 10.1 Å². The average Bonchev–Trinajstić information content (AvgIpc) is 3.03. The standard InChI is InChI=1S/C36H35N3O2.ClH/c1-2-31(27-14-5-3-6-15-27)38-36(40)33-30-19-11-12-20-32(30)37-34(28-16-7-4-8-17-28)35(33)41-24-23-39-22-21-26-13-9-10-18-29(26)25-39;/h3-20,31H,2,21-25H2,1H3,(H,38,40);1H/t31-;/m0./s1. The number of para-hydroxylation sites is 1. The Labute approximate surface area is 254 Å². The first-order valence-electron chi connectivity index (χ1n) is 14.5. The Morgan fingerprint density at radius 2 is 1.55 bits per heavy atom. The Morgan fingerprint density at radius 3 is 2.31 bits per heavy atom. The molecule has 0 radical (unpaired) electrons. The number of rotatable bonds is 9. The Bertz CT molecular complexity index is 1640. The van der Waals surface area contributed by atoms with Gasteiger partial charge in [-0.15, -0.1) is 12.4 Å². The van der Waals surface area contributed by atoms with Gasteiger partial charge in [0.25, 0.3) is 5.91 Å². The Morgan fingerprint density at radius 1 is 0.881 bits per heavy atom. The fourth-order valence-corrected chi connectivity index (χ4v) is 5.71. The molecule has 6 rings (SSSR count). The molecule has 0 saturated carbocycles. The van der Waals surface area contributed by atoms with E-state index in [4.69, 9.17) is 9.72 Å². The summed E-state index contributed by atoms with van der Waals surface area (Å²) in [6.07, 6.45) is 1.81. The molecule has 0 bridgehead atoms. The number of hydrogen-bond acceptors (Lipinski definition) is 4. The number of ether oxygens (including phenoxy) is 1. The van der Waals surface area contributed by atoms with Crippen LogP contribution in [0.25, 0.3) is 22.2 Å². The van der Waals surface area contributed by atoms with E-state index >= 15 is 0 Å². The molecule has 0 spiro atoms. The maximum atomic E-state index is 14.2. The van der Waals surface area contributed by atoms with E-state index in [2.05, 4.69) is 53.5 Å². The van der Waals surface area contributed by atoms with E-state index in [1.54, 1.807) is 0 Å². The van der Waals surface area contributed by atoms with Crippen molar-refractivity contribution < 1.29 is 9.53 Å². The van der Waals surface area contributed by atoms with Crippen molar-refractivity contribution in [3.8, 4) is 17.0 Å². The number of hydrogen-bond donors (Lipinski definition) is 1. The molecule has 214 valence electrons. The number of aromatic nitrogens is 1. The topological polar surface area (TPSA) is 54.5 Å². The highest BCUT2D eigenvalue weighted by atomic mass is 35.5. The highest BCUT2D eigenvalue weighted by Crippen LogP contribution is 2.37.